The van der Waals surface area contributed by atoms with Crippen molar-refractivity contribution in [3.63, 3.8) is 0 Å². The zero-order valence-corrected chi connectivity index (χ0v) is 9.40. The van der Waals surface area contributed by atoms with Crippen molar-refractivity contribution in [3.05, 3.63) is 22.4 Å². The van der Waals surface area contributed by atoms with Crippen molar-refractivity contribution < 1.29 is 4.79 Å². The van der Waals surface area contributed by atoms with Crippen LogP contribution in [0.2, 0.25) is 0 Å². The highest BCUT2D eigenvalue weighted by Crippen LogP contribution is 2.07. The molecule has 14 heavy (non-hydrogen) atoms. The summed E-state index contributed by atoms with van der Waals surface area (Å²) in [6, 6.07) is 3.75. The Labute approximate surface area is 89.3 Å². The van der Waals surface area contributed by atoms with Crippen molar-refractivity contribution in [3.8, 4) is 0 Å². The highest BCUT2D eigenvalue weighted by Gasteiger charge is 2.03. The maximum atomic E-state index is 11.4. The van der Waals surface area contributed by atoms with Crippen LogP contribution in [0.1, 0.15) is 42.3 Å². The van der Waals surface area contributed by atoms with Gasteiger partial charge in [0.15, 0.2) is 0 Å². The molecule has 0 bridgehead atoms. The summed E-state index contributed by atoms with van der Waals surface area (Å²) in [5, 5.41) is 4.84. The second-order valence-electron chi connectivity index (χ2n) is 3.29. The standard InChI is InChI=1S/C11H17NOS/c1-2-3-4-5-8-12-11(13)10-7-6-9-14-10/h6-7,9H,2-5,8H2,1H3,(H,12,13). The van der Waals surface area contributed by atoms with Crippen molar-refractivity contribution in [1.29, 1.82) is 0 Å². The van der Waals surface area contributed by atoms with Crippen LogP contribution in [-0.2, 0) is 0 Å². The average Bonchev–Trinajstić information content (AvgIpc) is 2.70. The summed E-state index contributed by atoms with van der Waals surface area (Å²) in [6.07, 6.45) is 4.79. The molecular weight excluding hydrogens is 194 g/mol. The zero-order chi connectivity index (χ0) is 10.2. The Morgan fingerprint density at radius 3 is 2.93 bits per heavy atom. The fourth-order valence-electron chi connectivity index (χ4n) is 1.25. The van der Waals surface area contributed by atoms with E-state index in [4.69, 9.17) is 0 Å². The molecule has 1 aromatic heterocycles. The quantitative estimate of drug-likeness (QED) is 0.720. The summed E-state index contributed by atoms with van der Waals surface area (Å²) in [6.45, 7) is 2.99. The summed E-state index contributed by atoms with van der Waals surface area (Å²) in [4.78, 5) is 12.2. The lowest BCUT2D eigenvalue weighted by molar-refractivity contribution is 0.0957. The van der Waals surface area contributed by atoms with E-state index in [0.717, 1.165) is 17.8 Å². The summed E-state index contributed by atoms with van der Waals surface area (Å²) in [5.74, 6) is 0.0662. The molecule has 0 saturated carbocycles. The molecule has 78 valence electrons. The van der Waals surface area contributed by atoms with Crippen LogP contribution in [0.15, 0.2) is 17.5 Å². The summed E-state index contributed by atoms with van der Waals surface area (Å²) in [7, 11) is 0. The first-order chi connectivity index (χ1) is 6.84. The number of nitrogens with one attached hydrogen (secondary N) is 1. The van der Waals surface area contributed by atoms with E-state index < -0.39 is 0 Å². The summed E-state index contributed by atoms with van der Waals surface area (Å²) in [5.41, 5.74) is 0. The summed E-state index contributed by atoms with van der Waals surface area (Å²) >= 11 is 1.49. The normalized spacial score (nSPS) is 10.1. The van der Waals surface area contributed by atoms with Gasteiger partial charge in [0.05, 0.1) is 4.88 Å². The largest absolute Gasteiger partial charge is 0.351 e. The van der Waals surface area contributed by atoms with E-state index in [1.165, 1.54) is 30.6 Å². The first-order valence-electron chi connectivity index (χ1n) is 5.16. The minimum Gasteiger partial charge on any atom is -0.351 e. The summed E-state index contributed by atoms with van der Waals surface area (Å²) < 4.78 is 0. The molecule has 1 rings (SSSR count). The van der Waals surface area contributed by atoms with Gasteiger partial charge in [-0.25, -0.2) is 0 Å². The molecule has 0 saturated heterocycles. The van der Waals surface area contributed by atoms with Gasteiger partial charge in [0.2, 0.25) is 0 Å². The average molecular weight is 211 g/mol. The number of thiophene rings is 1. The molecule has 1 amide bonds. The third kappa shape index (κ3) is 3.92. The Balaban J connectivity index is 2.10. The second-order valence-corrected chi connectivity index (χ2v) is 4.24. The molecule has 0 aliphatic carbocycles. The van der Waals surface area contributed by atoms with Gasteiger partial charge in [-0.15, -0.1) is 11.3 Å². The SMILES string of the molecule is CCCCCCNC(=O)c1cccs1. The molecule has 0 aliphatic heterocycles. The molecule has 0 radical (unpaired) electrons. The predicted octanol–water partition coefficient (Wildman–Crippen LogP) is 3.06. The number of hydrogen-bond donors (Lipinski definition) is 1. The van der Waals surface area contributed by atoms with Gasteiger partial charge in [-0.2, -0.15) is 0 Å². The van der Waals surface area contributed by atoms with E-state index in [2.05, 4.69) is 12.2 Å². The molecule has 0 fully saturated rings. The van der Waals surface area contributed by atoms with E-state index in [1.807, 2.05) is 17.5 Å². The van der Waals surface area contributed by atoms with E-state index in [9.17, 15) is 4.79 Å². The van der Waals surface area contributed by atoms with Crippen LogP contribution in [0, 0.1) is 0 Å². The minimum absolute atomic E-state index is 0.0662. The molecule has 0 aromatic carbocycles. The minimum atomic E-state index is 0.0662. The highest BCUT2D eigenvalue weighted by atomic mass is 32.1. The number of hydrogen-bond acceptors (Lipinski definition) is 2. The smallest absolute Gasteiger partial charge is 0.261 e. The maximum absolute atomic E-state index is 11.4. The van der Waals surface area contributed by atoms with E-state index in [0.29, 0.717) is 0 Å². The van der Waals surface area contributed by atoms with Crippen LogP contribution in [0.3, 0.4) is 0 Å². The number of rotatable bonds is 6. The van der Waals surface area contributed by atoms with Crippen molar-refractivity contribution in [2.45, 2.75) is 32.6 Å². The zero-order valence-electron chi connectivity index (χ0n) is 8.58. The number of unbranched alkanes of at least 4 members (excludes halogenated alkanes) is 3. The maximum Gasteiger partial charge on any atom is 0.261 e. The number of carbonyl (C=O) groups is 1. The van der Waals surface area contributed by atoms with Crippen molar-refractivity contribution in [1.82, 2.24) is 5.32 Å². The first-order valence-corrected chi connectivity index (χ1v) is 6.04. The molecule has 2 nitrogen and oxygen atoms in total. The number of carbonyl (C=O) groups excluding carboxylic acids is 1. The van der Waals surface area contributed by atoms with Crippen LogP contribution >= 0.6 is 11.3 Å². The molecule has 0 spiro atoms. The molecule has 1 heterocycles. The molecule has 0 aliphatic rings. The lowest BCUT2D eigenvalue weighted by Gasteiger charge is -2.02. The topological polar surface area (TPSA) is 29.1 Å². The van der Waals surface area contributed by atoms with Crippen molar-refractivity contribution in [2.24, 2.45) is 0 Å². The van der Waals surface area contributed by atoms with E-state index >= 15 is 0 Å². The third-order valence-electron chi connectivity index (χ3n) is 2.06. The Morgan fingerprint density at radius 1 is 1.43 bits per heavy atom. The predicted molar refractivity (Wildman–Crippen MR) is 60.8 cm³/mol. The van der Waals surface area contributed by atoms with Crippen LogP contribution < -0.4 is 5.32 Å². The van der Waals surface area contributed by atoms with Gasteiger partial charge in [-0.1, -0.05) is 32.3 Å². The monoisotopic (exact) mass is 211 g/mol. The van der Waals surface area contributed by atoms with Crippen LogP contribution in [0.4, 0.5) is 0 Å². The molecule has 1 aromatic rings. The fourth-order valence-corrected chi connectivity index (χ4v) is 1.89. The first kappa shape index (κ1) is 11.2. The van der Waals surface area contributed by atoms with Crippen LogP contribution in [-0.4, -0.2) is 12.5 Å². The Bertz CT molecular complexity index is 256. The van der Waals surface area contributed by atoms with Gasteiger partial charge in [-0.3, -0.25) is 4.79 Å². The molecular formula is C11H17NOS. The lowest BCUT2D eigenvalue weighted by atomic mass is 10.2. The lowest BCUT2D eigenvalue weighted by Crippen LogP contribution is -2.23. The Hall–Kier alpha value is -0.830. The molecule has 0 atom stereocenters. The molecule has 3 heteroatoms. The fraction of sp³-hybridized carbons (Fsp3) is 0.545. The van der Waals surface area contributed by atoms with Gasteiger partial charge in [0.1, 0.15) is 0 Å². The van der Waals surface area contributed by atoms with Crippen LogP contribution in [0.5, 0.6) is 0 Å². The van der Waals surface area contributed by atoms with Gasteiger partial charge < -0.3 is 5.32 Å². The second kappa shape index (κ2) is 6.60. The third-order valence-corrected chi connectivity index (χ3v) is 2.93. The van der Waals surface area contributed by atoms with E-state index in [-0.39, 0.29) is 5.91 Å². The van der Waals surface area contributed by atoms with Gasteiger partial charge in [-0.05, 0) is 17.9 Å². The molecule has 0 unspecified atom stereocenters. The van der Waals surface area contributed by atoms with Crippen LogP contribution in [0.25, 0.3) is 0 Å². The van der Waals surface area contributed by atoms with Gasteiger partial charge in [0, 0.05) is 6.54 Å². The van der Waals surface area contributed by atoms with E-state index in [1.54, 1.807) is 0 Å². The van der Waals surface area contributed by atoms with Crippen molar-refractivity contribution in [2.75, 3.05) is 6.54 Å². The van der Waals surface area contributed by atoms with Gasteiger partial charge in [0.25, 0.3) is 5.91 Å². The highest BCUT2D eigenvalue weighted by molar-refractivity contribution is 7.12. The molecule has 1 N–H and O–H groups in total. The number of amides is 1. The Morgan fingerprint density at radius 2 is 2.29 bits per heavy atom. The van der Waals surface area contributed by atoms with Crippen molar-refractivity contribution >= 4 is 17.2 Å². The van der Waals surface area contributed by atoms with Gasteiger partial charge >= 0.3 is 0 Å². The Kier molecular flexibility index (Phi) is 5.30.